The van der Waals surface area contributed by atoms with Crippen LogP contribution in [0.2, 0.25) is 0 Å². The van der Waals surface area contributed by atoms with Crippen molar-refractivity contribution >= 4 is 27.5 Å². The molecule has 1 aliphatic heterocycles. The molecule has 5 nitrogen and oxygen atoms in total. The predicted molar refractivity (Wildman–Crippen MR) is 122 cm³/mol. The Morgan fingerprint density at radius 2 is 1.71 bits per heavy atom. The maximum Gasteiger partial charge on any atom is 0.176 e. The molecule has 0 radical (unpaired) electrons. The fourth-order valence-corrected chi connectivity index (χ4v) is 5.67. The molecular weight excluding hydrogens is 458 g/mol. The monoisotopic (exact) mass is 483 g/mol. The minimum absolute atomic E-state index is 0.116. The molecule has 0 bridgehead atoms. The Balaban J connectivity index is 1.93. The van der Waals surface area contributed by atoms with Gasteiger partial charge >= 0.3 is 0 Å². The summed E-state index contributed by atoms with van der Waals surface area (Å²) in [5.74, 6) is 3.40. The second-order valence-corrected chi connectivity index (χ2v) is 8.83. The molecule has 0 saturated heterocycles. The zero-order valence-electron chi connectivity index (χ0n) is 17.9. The largest absolute Gasteiger partial charge is 0.493 e. The highest BCUT2D eigenvalue weighted by Crippen LogP contribution is 2.51. The van der Waals surface area contributed by atoms with Crippen LogP contribution in [0.4, 0.5) is 0 Å². The van der Waals surface area contributed by atoms with Gasteiger partial charge in [0.1, 0.15) is 6.61 Å². The summed E-state index contributed by atoms with van der Waals surface area (Å²) in [6.07, 6.45) is 9.80. The zero-order valence-corrected chi connectivity index (χ0v) is 19.5. The summed E-state index contributed by atoms with van der Waals surface area (Å²) >= 11 is 3.58. The van der Waals surface area contributed by atoms with E-state index in [1.807, 2.05) is 12.1 Å². The molecular formula is C25H26BrNO4. The van der Waals surface area contributed by atoms with E-state index >= 15 is 0 Å². The van der Waals surface area contributed by atoms with Crippen LogP contribution < -0.4 is 9.47 Å². The standard InChI is InChI=1S/C25H26BrNO4/c1-4-12-31-25-16(26)13-15(14-21(25)30-3)22-23-17(8-6-10-19(23)28)27(5-2)18-9-7-11-20(29)24(18)22/h1,13-14,22H,5-12H2,2-3H3. The molecule has 31 heavy (non-hydrogen) atoms. The molecule has 4 rings (SSSR count). The van der Waals surface area contributed by atoms with Gasteiger partial charge in [-0.25, -0.2) is 0 Å². The highest BCUT2D eigenvalue weighted by molar-refractivity contribution is 9.10. The molecule has 0 N–H and O–H groups in total. The fourth-order valence-electron chi connectivity index (χ4n) is 5.09. The number of rotatable bonds is 5. The molecule has 0 amide bonds. The number of ether oxygens (including phenoxy) is 2. The summed E-state index contributed by atoms with van der Waals surface area (Å²) in [6.45, 7) is 2.96. The van der Waals surface area contributed by atoms with Crippen molar-refractivity contribution in [2.45, 2.75) is 51.4 Å². The van der Waals surface area contributed by atoms with E-state index in [-0.39, 0.29) is 24.1 Å². The molecule has 1 aromatic rings. The van der Waals surface area contributed by atoms with E-state index in [0.29, 0.717) is 28.8 Å². The van der Waals surface area contributed by atoms with Crippen molar-refractivity contribution in [3.8, 4) is 23.8 Å². The van der Waals surface area contributed by atoms with E-state index in [1.165, 1.54) is 0 Å². The quantitative estimate of drug-likeness (QED) is 0.557. The van der Waals surface area contributed by atoms with Crippen LogP contribution in [0.25, 0.3) is 0 Å². The summed E-state index contributed by atoms with van der Waals surface area (Å²) < 4.78 is 11.9. The summed E-state index contributed by atoms with van der Waals surface area (Å²) in [7, 11) is 1.57. The van der Waals surface area contributed by atoms with Crippen LogP contribution in [0.5, 0.6) is 11.5 Å². The van der Waals surface area contributed by atoms with Crippen LogP contribution in [0.15, 0.2) is 39.1 Å². The minimum atomic E-state index is -0.375. The molecule has 3 aliphatic rings. The van der Waals surface area contributed by atoms with Crippen LogP contribution in [0.3, 0.4) is 0 Å². The number of allylic oxidation sites excluding steroid dienone is 4. The van der Waals surface area contributed by atoms with E-state index in [0.717, 1.165) is 60.3 Å². The van der Waals surface area contributed by atoms with E-state index in [1.54, 1.807) is 7.11 Å². The van der Waals surface area contributed by atoms with E-state index in [9.17, 15) is 9.59 Å². The Morgan fingerprint density at radius 3 is 2.23 bits per heavy atom. The first kappa shape index (κ1) is 21.7. The minimum Gasteiger partial charge on any atom is -0.493 e. The van der Waals surface area contributed by atoms with Gasteiger partial charge in [-0.1, -0.05) is 5.92 Å². The third kappa shape index (κ3) is 3.70. The van der Waals surface area contributed by atoms with Gasteiger partial charge in [-0.05, 0) is 66.2 Å². The van der Waals surface area contributed by atoms with E-state index < -0.39 is 0 Å². The van der Waals surface area contributed by atoms with Crippen molar-refractivity contribution in [1.29, 1.82) is 0 Å². The van der Waals surface area contributed by atoms with E-state index in [4.69, 9.17) is 15.9 Å². The van der Waals surface area contributed by atoms with Crippen molar-refractivity contribution in [2.24, 2.45) is 0 Å². The van der Waals surface area contributed by atoms with Gasteiger partial charge in [0.05, 0.1) is 11.6 Å². The van der Waals surface area contributed by atoms with Gasteiger partial charge in [0.25, 0.3) is 0 Å². The third-order valence-corrected chi connectivity index (χ3v) is 6.88. The first-order valence-electron chi connectivity index (χ1n) is 10.8. The SMILES string of the molecule is C#CCOc1c(Br)cc(C2C3=C(CCCC3=O)N(CC)C3=C2C(=O)CCC3)cc1OC. The van der Waals surface area contributed by atoms with Crippen LogP contribution in [-0.2, 0) is 9.59 Å². The molecule has 0 atom stereocenters. The Bertz CT molecular complexity index is 1000. The molecule has 6 heteroatoms. The number of carbonyl (C=O) groups excluding carboxylic acids is 2. The first-order chi connectivity index (χ1) is 15.0. The fraction of sp³-hybridized carbons (Fsp3) is 0.440. The molecule has 0 saturated carbocycles. The van der Waals surface area contributed by atoms with Crippen molar-refractivity contribution in [3.05, 3.63) is 44.7 Å². The smallest absolute Gasteiger partial charge is 0.176 e. The van der Waals surface area contributed by atoms with Crippen molar-refractivity contribution < 1.29 is 19.1 Å². The third-order valence-electron chi connectivity index (χ3n) is 6.29. The van der Waals surface area contributed by atoms with Crippen molar-refractivity contribution in [2.75, 3.05) is 20.3 Å². The van der Waals surface area contributed by atoms with Gasteiger partial charge in [-0.3, -0.25) is 9.59 Å². The number of terminal acetylenes is 1. The molecule has 0 spiro atoms. The maximum absolute atomic E-state index is 13.2. The van der Waals surface area contributed by atoms with Gasteiger partial charge in [0.2, 0.25) is 0 Å². The lowest BCUT2D eigenvalue weighted by molar-refractivity contribution is -0.117. The number of ketones is 2. The van der Waals surface area contributed by atoms with Crippen LogP contribution in [-0.4, -0.2) is 36.7 Å². The number of halogens is 1. The normalized spacial score (nSPS) is 19.2. The Hall–Kier alpha value is -2.52. The van der Waals surface area contributed by atoms with Gasteiger partial charge in [0, 0.05) is 47.8 Å². The Kier molecular flexibility index (Phi) is 6.24. The van der Waals surface area contributed by atoms with Crippen molar-refractivity contribution in [3.63, 3.8) is 0 Å². The highest BCUT2D eigenvalue weighted by Gasteiger charge is 2.43. The van der Waals surface area contributed by atoms with Gasteiger partial charge in [0.15, 0.2) is 23.1 Å². The average Bonchev–Trinajstić information content (AvgIpc) is 2.76. The summed E-state index contributed by atoms with van der Waals surface area (Å²) in [4.78, 5) is 28.6. The van der Waals surface area contributed by atoms with Crippen LogP contribution in [0, 0.1) is 12.3 Å². The molecule has 0 unspecified atom stereocenters. The Labute approximate surface area is 191 Å². The lowest BCUT2D eigenvalue weighted by Crippen LogP contribution is -2.39. The topological polar surface area (TPSA) is 55.8 Å². The lowest BCUT2D eigenvalue weighted by atomic mass is 9.71. The number of methoxy groups -OCH3 is 1. The number of benzene rings is 1. The summed E-state index contributed by atoms with van der Waals surface area (Å²) in [5.41, 5.74) is 4.57. The zero-order chi connectivity index (χ0) is 22.1. The number of nitrogens with zero attached hydrogens (tertiary/aromatic N) is 1. The number of hydrogen-bond acceptors (Lipinski definition) is 5. The van der Waals surface area contributed by atoms with Crippen LogP contribution in [0.1, 0.15) is 56.9 Å². The summed E-state index contributed by atoms with van der Waals surface area (Å²) in [6, 6.07) is 3.81. The molecule has 0 aromatic heterocycles. The molecule has 0 fully saturated rings. The molecule has 2 aliphatic carbocycles. The number of Topliss-reactive ketones (excluding diaryl/α,β-unsaturated/α-hetero) is 2. The van der Waals surface area contributed by atoms with Gasteiger partial charge < -0.3 is 14.4 Å². The van der Waals surface area contributed by atoms with E-state index in [2.05, 4.69) is 33.7 Å². The predicted octanol–water partition coefficient (Wildman–Crippen LogP) is 4.90. The highest BCUT2D eigenvalue weighted by atomic mass is 79.9. The van der Waals surface area contributed by atoms with Crippen LogP contribution >= 0.6 is 15.9 Å². The second kappa shape index (κ2) is 8.92. The number of hydrogen-bond donors (Lipinski definition) is 0. The lowest BCUT2D eigenvalue weighted by Gasteiger charge is -2.43. The molecule has 1 heterocycles. The maximum atomic E-state index is 13.2. The summed E-state index contributed by atoms with van der Waals surface area (Å²) in [5, 5.41) is 0. The molecule has 1 aromatic carbocycles. The first-order valence-corrected chi connectivity index (χ1v) is 11.5. The average molecular weight is 484 g/mol. The van der Waals surface area contributed by atoms with Gasteiger partial charge in [-0.15, -0.1) is 6.42 Å². The van der Waals surface area contributed by atoms with Gasteiger partial charge in [-0.2, -0.15) is 0 Å². The molecule has 162 valence electrons. The Morgan fingerprint density at radius 1 is 1.10 bits per heavy atom. The van der Waals surface area contributed by atoms with Crippen molar-refractivity contribution in [1.82, 2.24) is 4.90 Å². The second-order valence-electron chi connectivity index (χ2n) is 7.98. The number of carbonyl (C=O) groups is 2.